The standard InChI is InChI=1S/C19H15ClN4.2H2/c20-14-9-15-16(12-23-19(15)22-11-14)17-7-4-8-18(24-17)21-10-13-5-2-1-3-6-13;;/h1-9,11-12H,10H2,(H,21,24)(H,22,23);2*1H. The van der Waals surface area contributed by atoms with Gasteiger partial charge in [-0.05, 0) is 23.8 Å². The highest BCUT2D eigenvalue weighted by Crippen LogP contribution is 2.28. The summed E-state index contributed by atoms with van der Waals surface area (Å²) in [6.07, 6.45) is 3.55. The van der Waals surface area contributed by atoms with Crippen LogP contribution in [0.1, 0.15) is 8.42 Å². The molecule has 0 amide bonds. The topological polar surface area (TPSA) is 53.6 Å². The summed E-state index contributed by atoms with van der Waals surface area (Å²) in [5, 5.41) is 4.94. The zero-order valence-electron chi connectivity index (χ0n) is 12.8. The Kier molecular flexibility index (Phi) is 3.89. The van der Waals surface area contributed by atoms with E-state index in [1.807, 2.05) is 48.7 Å². The number of aromatic nitrogens is 3. The fourth-order valence-electron chi connectivity index (χ4n) is 2.66. The molecule has 0 aliphatic rings. The highest BCUT2D eigenvalue weighted by atomic mass is 35.5. The van der Waals surface area contributed by atoms with Gasteiger partial charge in [-0.1, -0.05) is 48.0 Å². The van der Waals surface area contributed by atoms with Gasteiger partial charge in [-0.2, -0.15) is 0 Å². The summed E-state index contributed by atoms with van der Waals surface area (Å²) in [6, 6.07) is 18.1. The maximum Gasteiger partial charge on any atom is 0.138 e. The lowest BCUT2D eigenvalue weighted by Gasteiger charge is -2.07. The van der Waals surface area contributed by atoms with Crippen molar-refractivity contribution in [1.82, 2.24) is 15.0 Å². The van der Waals surface area contributed by atoms with Crippen LogP contribution in [0.25, 0.3) is 22.3 Å². The molecule has 0 bridgehead atoms. The van der Waals surface area contributed by atoms with Crippen LogP contribution in [0.15, 0.2) is 67.0 Å². The second kappa shape index (κ2) is 6.34. The molecule has 0 spiro atoms. The number of nitrogens with one attached hydrogen (secondary N) is 2. The summed E-state index contributed by atoms with van der Waals surface area (Å²) in [7, 11) is 0. The number of pyridine rings is 2. The Morgan fingerprint density at radius 3 is 2.83 bits per heavy atom. The molecule has 0 aliphatic heterocycles. The van der Waals surface area contributed by atoms with E-state index in [1.165, 1.54) is 5.56 Å². The first-order valence-corrected chi connectivity index (χ1v) is 8.05. The van der Waals surface area contributed by atoms with Crippen LogP contribution in [0, 0.1) is 0 Å². The van der Waals surface area contributed by atoms with Crippen LogP contribution in [0.2, 0.25) is 5.02 Å². The zero-order valence-corrected chi connectivity index (χ0v) is 13.6. The second-order valence-electron chi connectivity index (χ2n) is 5.50. The Labute approximate surface area is 147 Å². The lowest BCUT2D eigenvalue weighted by atomic mass is 10.1. The van der Waals surface area contributed by atoms with Crippen molar-refractivity contribution in [2.45, 2.75) is 6.54 Å². The molecular formula is C19H19ClN4. The third-order valence-electron chi connectivity index (χ3n) is 3.84. The van der Waals surface area contributed by atoms with Gasteiger partial charge in [0.15, 0.2) is 0 Å². The van der Waals surface area contributed by atoms with E-state index in [0.717, 1.165) is 34.7 Å². The second-order valence-corrected chi connectivity index (χ2v) is 5.94. The number of H-pyrrole nitrogens is 1. The average Bonchev–Trinajstić information content (AvgIpc) is 3.04. The Morgan fingerprint density at radius 2 is 1.96 bits per heavy atom. The first-order valence-electron chi connectivity index (χ1n) is 7.67. The van der Waals surface area contributed by atoms with Crippen LogP contribution in [0.4, 0.5) is 5.82 Å². The fraction of sp³-hybridized carbons (Fsp3) is 0.0526. The minimum absolute atomic E-state index is 0. The van der Waals surface area contributed by atoms with E-state index in [1.54, 1.807) is 6.20 Å². The maximum atomic E-state index is 6.07. The molecule has 122 valence electrons. The number of anilines is 1. The number of hydrogen-bond acceptors (Lipinski definition) is 3. The summed E-state index contributed by atoms with van der Waals surface area (Å²) in [4.78, 5) is 12.2. The van der Waals surface area contributed by atoms with Crippen molar-refractivity contribution >= 4 is 28.5 Å². The molecule has 4 nitrogen and oxygen atoms in total. The molecule has 24 heavy (non-hydrogen) atoms. The molecule has 0 unspecified atom stereocenters. The van der Waals surface area contributed by atoms with E-state index >= 15 is 0 Å². The number of halogens is 1. The molecule has 0 aliphatic carbocycles. The van der Waals surface area contributed by atoms with Crippen molar-refractivity contribution in [2.24, 2.45) is 0 Å². The Balaban J connectivity index is 0.00000121. The highest BCUT2D eigenvalue weighted by Gasteiger charge is 2.09. The molecule has 1 aromatic carbocycles. The number of aromatic amines is 1. The Hall–Kier alpha value is -2.85. The predicted molar refractivity (Wildman–Crippen MR) is 102 cm³/mol. The molecule has 0 atom stereocenters. The minimum Gasteiger partial charge on any atom is -0.366 e. The molecule has 4 aromatic rings. The van der Waals surface area contributed by atoms with Crippen LogP contribution in [-0.4, -0.2) is 15.0 Å². The zero-order chi connectivity index (χ0) is 16.4. The molecule has 3 heterocycles. The number of hydrogen-bond donors (Lipinski definition) is 2. The first kappa shape index (κ1) is 14.7. The van der Waals surface area contributed by atoms with Gasteiger partial charge in [-0.15, -0.1) is 0 Å². The van der Waals surface area contributed by atoms with Crippen molar-refractivity contribution in [3.05, 3.63) is 77.6 Å². The number of nitrogens with zero attached hydrogens (tertiary/aromatic N) is 2. The largest absolute Gasteiger partial charge is 0.366 e. The maximum absolute atomic E-state index is 6.07. The van der Waals surface area contributed by atoms with Gasteiger partial charge in [0.25, 0.3) is 0 Å². The summed E-state index contributed by atoms with van der Waals surface area (Å²) >= 11 is 6.07. The van der Waals surface area contributed by atoms with Crippen molar-refractivity contribution in [3.63, 3.8) is 0 Å². The molecule has 0 fully saturated rings. The lowest BCUT2D eigenvalue weighted by Crippen LogP contribution is -2.01. The first-order chi connectivity index (χ1) is 11.8. The average molecular weight is 339 g/mol. The van der Waals surface area contributed by atoms with E-state index in [-0.39, 0.29) is 2.85 Å². The summed E-state index contributed by atoms with van der Waals surface area (Å²) in [5.41, 5.74) is 3.89. The summed E-state index contributed by atoms with van der Waals surface area (Å²) in [6.45, 7) is 0.735. The number of fused-ring (bicyclic) bond motifs is 1. The molecule has 0 saturated carbocycles. The van der Waals surface area contributed by atoms with Gasteiger partial charge in [-0.3, -0.25) is 0 Å². The van der Waals surface area contributed by atoms with E-state index in [2.05, 4.69) is 27.4 Å². The molecule has 3 aromatic heterocycles. The smallest absolute Gasteiger partial charge is 0.138 e. The lowest BCUT2D eigenvalue weighted by molar-refractivity contribution is 1.11. The fourth-order valence-corrected chi connectivity index (χ4v) is 2.82. The van der Waals surface area contributed by atoms with Gasteiger partial charge in [0.2, 0.25) is 0 Å². The SMILES string of the molecule is Clc1cnc2[nH]cc(-c3cccc(NCc4ccccc4)n3)c2c1.[HH].[HH]. The van der Waals surface area contributed by atoms with Crippen molar-refractivity contribution in [2.75, 3.05) is 5.32 Å². The van der Waals surface area contributed by atoms with E-state index in [9.17, 15) is 0 Å². The number of rotatable bonds is 4. The van der Waals surface area contributed by atoms with Gasteiger partial charge in [0.05, 0.1) is 10.7 Å². The van der Waals surface area contributed by atoms with Crippen molar-refractivity contribution in [3.8, 4) is 11.3 Å². The molecule has 0 radical (unpaired) electrons. The normalized spacial score (nSPS) is 10.9. The van der Waals surface area contributed by atoms with Gasteiger partial charge >= 0.3 is 0 Å². The van der Waals surface area contributed by atoms with E-state index in [0.29, 0.717) is 5.02 Å². The van der Waals surface area contributed by atoms with Gasteiger partial charge in [0.1, 0.15) is 11.5 Å². The summed E-state index contributed by atoms with van der Waals surface area (Å²) in [5.74, 6) is 0.834. The Bertz CT molecular complexity index is 989. The van der Waals surface area contributed by atoms with Crippen LogP contribution in [0.5, 0.6) is 0 Å². The summed E-state index contributed by atoms with van der Waals surface area (Å²) < 4.78 is 0. The molecule has 5 heteroatoms. The molecule has 2 N–H and O–H groups in total. The third-order valence-corrected chi connectivity index (χ3v) is 4.05. The van der Waals surface area contributed by atoms with Crippen molar-refractivity contribution in [1.29, 1.82) is 0 Å². The monoisotopic (exact) mass is 338 g/mol. The van der Waals surface area contributed by atoms with Crippen molar-refractivity contribution < 1.29 is 2.85 Å². The number of benzene rings is 1. The van der Waals surface area contributed by atoms with Gasteiger partial charge in [0, 0.05) is 32.7 Å². The molecule has 4 rings (SSSR count). The van der Waals surface area contributed by atoms with Crippen LogP contribution >= 0.6 is 11.6 Å². The van der Waals surface area contributed by atoms with Gasteiger partial charge < -0.3 is 10.3 Å². The highest BCUT2D eigenvalue weighted by molar-refractivity contribution is 6.31. The van der Waals surface area contributed by atoms with E-state index < -0.39 is 0 Å². The predicted octanol–water partition coefficient (Wildman–Crippen LogP) is 5.38. The van der Waals surface area contributed by atoms with E-state index in [4.69, 9.17) is 16.6 Å². The quantitative estimate of drug-likeness (QED) is 0.525. The Morgan fingerprint density at radius 1 is 1.08 bits per heavy atom. The van der Waals surface area contributed by atoms with Crippen LogP contribution in [0.3, 0.4) is 0 Å². The van der Waals surface area contributed by atoms with Crippen LogP contribution in [-0.2, 0) is 6.54 Å². The van der Waals surface area contributed by atoms with Crippen LogP contribution < -0.4 is 5.32 Å². The molecule has 0 saturated heterocycles. The molecular weight excluding hydrogens is 320 g/mol. The minimum atomic E-state index is 0. The third kappa shape index (κ3) is 2.96. The van der Waals surface area contributed by atoms with Gasteiger partial charge in [-0.25, -0.2) is 9.97 Å².